The minimum absolute atomic E-state index is 0.565. The number of guanidine groups is 1. The number of aliphatic imine (C=N–C) groups is 1. The van der Waals surface area contributed by atoms with Crippen molar-refractivity contribution in [2.45, 2.75) is 32.2 Å². The van der Waals surface area contributed by atoms with Gasteiger partial charge in [-0.3, -0.25) is 4.99 Å². The molecular weight excluding hydrogens is 226 g/mol. The van der Waals surface area contributed by atoms with Gasteiger partial charge >= 0.3 is 0 Å². The third-order valence-electron chi connectivity index (χ3n) is 2.82. The molecule has 4 heteroatoms. The lowest BCUT2D eigenvalue weighted by Gasteiger charge is -2.06. The summed E-state index contributed by atoms with van der Waals surface area (Å²) >= 11 is 0. The van der Waals surface area contributed by atoms with Gasteiger partial charge in [-0.25, -0.2) is 0 Å². The number of hydrogen-bond acceptors (Lipinski definition) is 2. The fourth-order valence-corrected chi connectivity index (χ4v) is 1.75. The summed E-state index contributed by atoms with van der Waals surface area (Å²) in [4.78, 5) is 4.32. The molecule has 1 aromatic carbocycles. The smallest absolute Gasteiger partial charge is 0.188 e. The number of nitrogens with zero attached hydrogens (tertiary/aromatic N) is 1. The third kappa shape index (κ3) is 4.28. The van der Waals surface area contributed by atoms with E-state index in [1.165, 1.54) is 18.4 Å². The lowest BCUT2D eigenvalue weighted by Crippen LogP contribution is -2.33. The molecule has 0 bridgehead atoms. The highest BCUT2D eigenvalue weighted by molar-refractivity contribution is 5.78. The standard InChI is InChI=1S/C14H21N3O/c1-2-18-13-5-3-4-11(10-13)8-9-16-14(15)17-12-6-7-12/h3-5,10,12H,2,6-9H2,1H3,(H3,15,16,17). The topological polar surface area (TPSA) is 59.6 Å². The van der Waals surface area contributed by atoms with Crippen molar-refractivity contribution in [2.24, 2.45) is 10.7 Å². The molecule has 1 fully saturated rings. The Hall–Kier alpha value is -1.71. The maximum Gasteiger partial charge on any atom is 0.188 e. The van der Waals surface area contributed by atoms with Crippen LogP contribution in [0.15, 0.2) is 29.3 Å². The van der Waals surface area contributed by atoms with Gasteiger partial charge in [0, 0.05) is 12.6 Å². The summed E-state index contributed by atoms with van der Waals surface area (Å²) in [6.07, 6.45) is 3.31. The lowest BCUT2D eigenvalue weighted by molar-refractivity contribution is 0.340. The van der Waals surface area contributed by atoms with Gasteiger partial charge in [-0.15, -0.1) is 0 Å². The highest BCUT2D eigenvalue weighted by Gasteiger charge is 2.21. The summed E-state index contributed by atoms with van der Waals surface area (Å²) in [6, 6.07) is 8.69. The highest BCUT2D eigenvalue weighted by Crippen LogP contribution is 2.18. The van der Waals surface area contributed by atoms with Crippen LogP contribution in [0.25, 0.3) is 0 Å². The first-order chi connectivity index (χ1) is 8.78. The van der Waals surface area contributed by atoms with Gasteiger partial charge in [0.25, 0.3) is 0 Å². The van der Waals surface area contributed by atoms with Gasteiger partial charge in [-0.2, -0.15) is 0 Å². The maximum atomic E-state index is 5.77. The first-order valence-electron chi connectivity index (χ1n) is 6.56. The fraction of sp³-hybridized carbons (Fsp3) is 0.500. The van der Waals surface area contributed by atoms with Crippen LogP contribution in [0.1, 0.15) is 25.3 Å². The van der Waals surface area contributed by atoms with E-state index in [9.17, 15) is 0 Å². The zero-order valence-corrected chi connectivity index (χ0v) is 10.9. The second-order valence-corrected chi connectivity index (χ2v) is 4.52. The molecule has 0 aromatic heterocycles. The average Bonchev–Trinajstić information content (AvgIpc) is 3.14. The zero-order valence-electron chi connectivity index (χ0n) is 10.9. The molecule has 0 unspecified atom stereocenters. The van der Waals surface area contributed by atoms with Crippen LogP contribution in [0.4, 0.5) is 0 Å². The number of hydrogen-bond donors (Lipinski definition) is 2. The van der Waals surface area contributed by atoms with Crippen molar-refractivity contribution in [3.63, 3.8) is 0 Å². The van der Waals surface area contributed by atoms with E-state index in [1.54, 1.807) is 0 Å². The third-order valence-corrected chi connectivity index (χ3v) is 2.82. The van der Waals surface area contributed by atoms with Gasteiger partial charge < -0.3 is 15.8 Å². The van der Waals surface area contributed by atoms with Crippen LogP contribution in [0, 0.1) is 0 Å². The van der Waals surface area contributed by atoms with E-state index in [-0.39, 0.29) is 0 Å². The Morgan fingerprint density at radius 1 is 1.50 bits per heavy atom. The molecule has 0 aliphatic heterocycles. The second kappa shape index (κ2) is 6.28. The number of rotatable bonds is 6. The molecule has 0 amide bonds. The molecule has 1 aromatic rings. The van der Waals surface area contributed by atoms with Gasteiger partial charge in [0.15, 0.2) is 5.96 Å². The number of nitrogens with two attached hydrogens (primary N) is 1. The van der Waals surface area contributed by atoms with E-state index in [0.29, 0.717) is 25.2 Å². The first-order valence-corrected chi connectivity index (χ1v) is 6.56. The molecule has 4 nitrogen and oxygen atoms in total. The highest BCUT2D eigenvalue weighted by atomic mass is 16.5. The fourth-order valence-electron chi connectivity index (χ4n) is 1.75. The molecule has 0 saturated heterocycles. The Bertz CT molecular complexity index is 413. The molecule has 0 heterocycles. The van der Waals surface area contributed by atoms with Crippen molar-refractivity contribution in [3.8, 4) is 5.75 Å². The zero-order chi connectivity index (χ0) is 12.8. The van der Waals surface area contributed by atoms with Crippen LogP contribution in [-0.4, -0.2) is 25.2 Å². The molecule has 18 heavy (non-hydrogen) atoms. The quantitative estimate of drug-likeness (QED) is 0.594. The first kappa shape index (κ1) is 12.7. The molecule has 1 aliphatic carbocycles. The minimum atomic E-state index is 0.565. The summed E-state index contributed by atoms with van der Waals surface area (Å²) in [5.74, 6) is 1.49. The Labute approximate surface area is 108 Å². The summed E-state index contributed by atoms with van der Waals surface area (Å²) in [5.41, 5.74) is 7.00. The van der Waals surface area contributed by atoms with E-state index < -0.39 is 0 Å². The number of nitrogens with one attached hydrogen (secondary N) is 1. The van der Waals surface area contributed by atoms with E-state index in [4.69, 9.17) is 10.5 Å². The molecular formula is C14H21N3O. The van der Waals surface area contributed by atoms with Crippen molar-refractivity contribution < 1.29 is 4.74 Å². The van der Waals surface area contributed by atoms with Crippen LogP contribution in [0.5, 0.6) is 5.75 Å². The predicted octanol–water partition coefficient (Wildman–Crippen LogP) is 1.69. The van der Waals surface area contributed by atoms with Crippen molar-refractivity contribution in [1.82, 2.24) is 5.32 Å². The molecule has 0 spiro atoms. The van der Waals surface area contributed by atoms with Crippen molar-refractivity contribution in [3.05, 3.63) is 29.8 Å². The lowest BCUT2D eigenvalue weighted by atomic mass is 10.1. The van der Waals surface area contributed by atoms with Gasteiger partial charge in [0.05, 0.1) is 6.61 Å². The molecule has 3 N–H and O–H groups in total. The maximum absolute atomic E-state index is 5.77. The van der Waals surface area contributed by atoms with Gasteiger partial charge in [-0.1, -0.05) is 12.1 Å². The summed E-state index contributed by atoms with van der Waals surface area (Å²) in [5, 5.41) is 3.17. The van der Waals surface area contributed by atoms with Crippen molar-refractivity contribution >= 4 is 5.96 Å². The second-order valence-electron chi connectivity index (χ2n) is 4.52. The monoisotopic (exact) mass is 247 g/mol. The molecule has 1 saturated carbocycles. The molecule has 0 radical (unpaired) electrons. The average molecular weight is 247 g/mol. The summed E-state index contributed by atoms with van der Waals surface area (Å²) in [6.45, 7) is 3.39. The van der Waals surface area contributed by atoms with Crippen LogP contribution >= 0.6 is 0 Å². The van der Waals surface area contributed by atoms with E-state index >= 15 is 0 Å². The van der Waals surface area contributed by atoms with Crippen molar-refractivity contribution in [1.29, 1.82) is 0 Å². The normalized spacial score (nSPS) is 15.5. The van der Waals surface area contributed by atoms with Gasteiger partial charge in [-0.05, 0) is 43.9 Å². The van der Waals surface area contributed by atoms with Crippen LogP contribution in [-0.2, 0) is 6.42 Å². The Morgan fingerprint density at radius 2 is 2.33 bits per heavy atom. The largest absolute Gasteiger partial charge is 0.494 e. The molecule has 1 aliphatic rings. The molecule has 98 valence electrons. The summed E-state index contributed by atoms with van der Waals surface area (Å²) in [7, 11) is 0. The Balaban J connectivity index is 1.79. The molecule has 2 rings (SSSR count). The predicted molar refractivity (Wildman–Crippen MR) is 74.0 cm³/mol. The Kier molecular flexibility index (Phi) is 4.45. The van der Waals surface area contributed by atoms with Crippen LogP contribution < -0.4 is 15.8 Å². The minimum Gasteiger partial charge on any atom is -0.494 e. The SMILES string of the molecule is CCOc1cccc(CCN=C(N)NC2CC2)c1. The van der Waals surface area contributed by atoms with Gasteiger partial charge in [0.1, 0.15) is 5.75 Å². The summed E-state index contributed by atoms with van der Waals surface area (Å²) < 4.78 is 5.46. The van der Waals surface area contributed by atoms with Crippen LogP contribution in [0.2, 0.25) is 0 Å². The van der Waals surface area contributed by atoms with Crippen LogP contribution in [0.3, 0.4) is 0 Å². The van der Waals surface area contributed by atoms with E-state index in [2.05, 4.69) is 22.4 Å². The molecule has 0 atom stereocenters. The number of ether oxygens (including phenoxy) is 1. The van der Waals surface area contributed by atoms with E-state index in [0.717, 1.165) is 12.2 Å². The van der Waals surface area contributed by atoms with E-state index in [1.807, 2.05) is 19.1 Å². The van der Waals surface area contributed by atoms with Crippen molar-refractivity contribution in [2.75, 3.05) is 13.2 Å². The van der Waals surface area contributed by atoms with Gasteiger partial charge in [0.2, 0.25) is 0 Å². The number of benzene rings is 1. The Morgan fingerprint density at radius 3 is 3.06 bits per heavy atom.